The molecule has 2 N–H and O–H groups in total. The smallest absolute Gasteiger partial charge is 0.328 e. The van der Waals surface area contributed by atoms with Gasteiger partial charge in [-0.1, -0.05) is 48.5 Å². The molecule has 0 unspecified atom stereocenters. The van der Waals surface area contributed by atoms with Crippen LogP contribution in [0, 0.1) is 0 Å². The molecule has 0 aliphatic carbocycles. The van der Waals surface area contributed by atoms with E-state index in [-0.39, 0.29) is 0 Å². The van der Waals surface area contributed by atoms with Gasteiger partial charge in [0.05, 0.1) is 0 Å². The van der Waals surface area contributed by atoms with Crippen LogP contribution in [0.3, 0.4) is 0 Å². The first kappa shape index (κ1) is 13.4. The maximum Gasteiger partial charge on any atom is 0.328 e. The number of carboxylic acids is 2. The lowest BCUT2D eigenvalue weighted by atomic mass is 10.1. The van der Waals surface area contributed by atoms with Gasteiger partial charge in [-0.3, -0.25) is 0 Å². The van der Waals surface area contributed by atoms with Crippen LogP contribution >= 0.6 is 0 Å². The summed E-state index contributed by atoms with van der Waals surface area (Å²) in [6, 6.07) is 16.7. The third-order valence-corrected chi connectivity index (χ3v) is 2.03. The number of fused-ring (bicyclic) bond motifs is 1. The van der Waals surface area contributed by atoms with Gasteiger partial charge in [-0.15, -0.1) is 0 Å². The van der Waals surface area contributed by atoms with Crippen molar-refractivity contribution >= 4 is 22.7 Å². The zero-order chi connectivity index (χ0) is 13.4. The molecule has 0 spiro atoms. The van der Waals surface area contributed by atoms with Crippen molar-refractivity contribution in [3.8, 4) is 0 Å². The molecule has 4 nitrogen and oxygen atoms in total. The average Bonchev–Trinajstić information content (AvgIpc) is 2.37. The number of carboxylic acid groups (broad SMARTS) is 2. The molecule has 18 heavy (non-hydrogen) atoms. The SMILES string of the molecule is O=C(O)C=CC(=O)O.c1ccc2ccccc2c1. The van der Waals surface area contributed by atoms with Crippen molar-refractivity contribution in [1.29, 1.82) is 0 Å². The maximum absolute atomic E-state index is 9.55. The highest BCUT2D eigenvalue weighted by atomic mass is 16.4. The Balaban J connectivity index is 0.000000187. The van der Waals surface area contributed by atoms with Crippen LogP contribution in [-0.4, -0.2) is 22.2 Å². The predicted octanol–water partition coefficient (Wildman–Crippen LogP) is 2.55. The van der Waals surface area contributed by atoms with Crippen LogP contribution in [-0.2, 0) is 9.59 Å². The normalized spacial score (nSPS) is 9.78. The monoisotopic (exact) mass is 244 g/mol. The average molecular weight is 244 g/mol. The molecule has 0 bridgehead atoms. The standard InChI is InChI=1S/C10H8.C4H4O4/c1-2-6-10-8-4-3-7-9(10)5-1;5-3(6)1-2-4(7)8/h1-8H;1-2H,(H,5,6)(H,7,8). The highest BCUT2D eigenvalue weighted by Gasteiger charge is 1.88. The molecule has 92 valence electrons. The van der Waals surface area contributed by atoms with Gasteiger partial charge >= 0.3 is 11.9 Å². The highest BCUT2D eigenvalue weighted by molar-refractivity contribution is 5.89. The van der Waals surface area contributed by atoms with Gasteiger partial charge in [0, 0.05) is 12.2 Å². The summed E-state index contributed by atoms with van der Waals surface area (Å²) in [6.07, 6.45) is 1.12. The molecule has 2 aromatic carbocycles. The fourth-order valence-corrected chi connectivity index (χ4v) is 1.28. The number of hydrogen-bond donors (Lipinski definition) is 2. The molecule has 0 heterocycles. The van der Waals surface area contributed by atoms with Crippen LogP contribution in [0.4, 0.5) is 0 Å². The van der Waals surface area contributed by atoms with E-state index in [1.165, 1.54) is 10.8 Å². The summed E-state index contributed by atoms with van der Waals surface area (Å²) in [4.78, 5) is 19.1. The Labute approximate surface area is 104 Å². The highest BCUT2D eigenvalue weighted by Crippen LogP contribution is 2.11. The van der Waals surface area contributed by atoms with Crippen LogP contribution in [0.15, 0.2) is 60.7 Å². The zero-order valence-electron chi connectivity index (χ0n) is 9.48. The van der Waals surface area contributed by atoms with Gasteiger partial charge in [-0.05, 0) is 10.8 Å². The number of benzene rings is 2. The van der Waals surface area contributed by atoms with Crippen molar-refractivity contribution in [3.05, 3.63) is 60.7 Å². The molecule has 0 saturated carbocycles. The molecule has 0 aliphatic heterocycles. The topological polar surface area (TPSA) is 74.6 Å². The zero-order valence-corrected chi connectivity index (χ0v) is 9.48. The van der Waals surface area contributed by atoms with E-state index < -0.39 is 11.9 Å². The van der Waals surface area contributed by atoms with Gasteiger partial charge in [-0.25, -0.2) is 9.59 Å². The minimum atomic E-state index is -1.26. The summed E-state index contributed by atoms with van der Waals surface area (Å²) < 4.78 is 0. The summed E-state index contributed by atoms with van der Waals surface area (Å²) in [5.41, 5.74) is 0. The number of hydrogen-bond acceptors (Lipinski definition) is 2. The van der Waals surface area contributed by atoms with Crippen molar-refractivity contribution < 1.29 is 19.8 Å². The molecule has 0 amide bonds. The Hall–Kier alpha value is -2.62. The van der Waals surface area contributed by atoms with E-state index in [0.717, 1.165) is 0 Å². The minimum Gasteiger partial charge on any atom is -0.478 e. The Morgan fingerprint density at radius 1 is 0.722 bits per heavy atom. The van der Waals surface area contributed by atoms with E-state index in [4.69, 9.17) is 10.2 Å². The van der Waals surface area contributed by atoms with Gasteiger partial charge < -0.3 is 10.2 Å². The first-order valence-corrected chi connectivity index (χ1v) is 5.17. The lowest BCUT2D eigenvalue weighted by molar-refractivity contribution is -0.134. The van der Waals surface area contributed by atoms with Gasteiger partial charge in [0.25, 0.3) is 0 Å². The number of carbonyl (C=O) groups is 2. The van der Waals surface area contributed by atoms with Gasteiger partial charge in [0.2, 0.25) is 0 Å². The van der Waals surface area contributed by atoms with E-state index in [0.29, 0.717) is 12.2 Å². The summed E-state index contributed by atoms with van der Waals surface area (Å²) in [6.45, 7) is 0. The maximum atomic E-state index is 9.55. The van der Waals surface area contributed by atoms with Crippen LogP contribution in [0.5, 0.6) is 0 Å². The third-order valence-electron chi connectivity index (χ3n) is 2.03. The van der Waals surface area contributed by atoms with Gasteiger partial charge in [0.15, 0.2) is 0 Å². The quantitative estimate of drug-likeness (QED) is 0.796. The second-order valence-corrected chi connectivity index (χ2v) is 3.36. The predicted molar refractivity (Wildman–Crippen MR) is 68.4 cm³/mol. The Morgan fingerprint density at radius 2 is 1.00 bits per heavy atom. The van der Waals surface area contributed by atoms with Crippen LogP contribution in [0.2, 0.25) is 0 Å². The van der Waals surface area contributed by atoms with Crippen molar-refractivity contribution in [2.75, 3.05) is 0 Å². The van der Waals surface area contributed by atoms with Crippen molar-refractivity contribution in [2.45, 2.75) is 0 Å². The number of aliphatic carboxylic acids is 2. The van der Waals surface area contributed by atoms with E-state index in [1.807, 2.05) is 0 Å². The molecule has 0 atom stereocenters. The van der Waals surface area contributed by atoms with Crippen molar-refractivity contribution in [1.82, 2.24) is 0 Å². The summed E-state index contributed by atoms with van der Waals surface area (Å²) in [5, 5.41) is 18.2. The first-order chi connectivity index (χ1) is 8.59. The molecule has 0 fully saturated rings. The van der Waals surface area contributed by atoms with Crippen LogP contribution < -0.4 is 0 Å². The molecular formula is C14H12O4. The number of rotatable bonds is 2. The largest absolute Gasteiger partial charge is 0.478 e. The molecule has 4 heteroatoms. The first-order valence-electron chi connectivity index (χ1n) is 5.17. The van der Waals surface area contributed by atoms with Crippen molar-refractivity contribution in [3.63, 3.8) is 0 Å². The Kier molecular flexibility index (Phi) is 5.12. The van der Waals surface area contributed by atoms with Crippen LogP contribution in [0.25, 0.3) is 10.8 Å². The summed E-state index contributed by atoms with van der Waals surface area (Å²) >= 11 is 0. The van der Waals surface area contributed by atoms with E-state index in [1.54, 1.807) is 0 Å². The van der Waals surface area contributed by atoms with Gasteiger partial charge in [0.1, 0.15) is 0 Å². The van der Waals surface area contributed by atoms with E-state index in [2.05, 4.69) is 48.5 Å². The minimum absolute atomic E-state index is 0.558. The molecule has 2 aromatic rings. The Morgan fingerprint density at radius 3 is 1.22 bits per heavy atom. The van der Waals surface area contributed by atoms with Crippen molar-refractivity contribution in [2.24, 2.45) is 0 Å². The fraction of sp³-hybridized carbons (Fsp3) is 0. The molecule has 2 rings (SSSR count). The van der Waals surface area contributed by atoms with E-state index in [9.17, 15) is 9.59 Å². The summed E-state index contributed by atoms with van der Waals surface area (Å²) in [7, 11) is 0. The molecule has 0 aliphatic rings. The second-order valence-electron chi connectivity index (χ2n) is 3.36. The molecule has 0 radical (unpaired) electrons. The second kappa shape index (κ2) is 6.85. The third kappa shape index (κ3) is 4.94. The van der Waals surface area contributed by atoms with E-state index >= 15 is 0 Å². The Bertz CT molecular complexity index is 491. The summed E-state index contributed by atoms with van der Waals surface area (Å²) in [5.74, 6) is -2.51. The van der Waals surface area contributed by atoms with Gasteiger partial charge in [-0.2, -0.15) is 0 Å². The fourth-order valence-electron chi connectivity index (χ4n) is 1.28. The molecule has 0 saturated heterocycles. The molecule has 0 aromatic heterocycles. The lowest BCUT2D eigenvalue weighted by Crippen LogP contribution is -1.91. The van der Waals surface area contributed by atoms with Crippen LogP contribution in [0.1, 0.15) is 0 Å². The molecular weight excluding hydrogens is 232 g/mol. The lowest BCUT2D eigenvalue weighted by Gasteiger charge is -1.92.